The topological polar surface area (TPSA) is 111 Å². The monoisotopic (exact) mass is 465 g/mol. The Bertz CT molecular complexity index is 1230. The average molecular weight is 466 g/mol. The van der Waals surface area contributed by atoms with E-state index in [2.05, 4.69) is 20.5 Å². The highest BCUT2D eigenvalue weighted by Crippen LogP contribution is 2.36. The number of carbonyl (C=O) groups is 2. The summed E-state index contributed by atoms with van der Waals surface area (Å²) in [5, 5.41) is 20.3. The van der Waals surface area contributed by atoms with Crippen molar-refractivity contribution < 1.29 is 19.1 Å². The molecule has 0 saturated carbocycles. The Labute approximate surface area is 197 Å². The lowest BCUT2D eigenvalue weighted by atomic mass is 9.74. The van der Waals surface area contributed by atoms with Crippen molar-refractivity contribution in [2.24, 2.45) is 5.41 Å². The minimum atomic E-state index is -1.05. The second kappa shape index (κ2) is 9.24. The van der Waals surface area contributed by atoms with Crippen LogP contribution in [0.25, 0.3) is 0 Å². The summed E-state index contributed by atoms with van der Waals surface area (Å²) in [6.45, 7) is 5.91. The molecule has 1 saturated heterocycles. The number of likely N-dealkylation sites (tertiary alicyclic amines) is 1. The second-order valence-corrected chi connectivity index (χ2v) is 9.02. The molecule has 1 aromatic carbocycles. The smallest absolute Gasteiger partial charge is 0.310 e. The Balaban J connectivity index is 1.50. The number of nitrogens with zero attached hydrogens (tertiary/aromatic N) is 3. The van der Waals surface area contributed by atoms with Gasteiger partial charge in [-0.25, -0.2) is 9.37 Å². The number of rotatable bonds is 6. The highest BCUT2D eigenvalue weighted by atomic mass is 19.1. The molecule has 0 spiro atoms. The van der Waals surface area contributed by atoms with Crippen molar-refractivity contribution in [3.05, 3.63) is 70.3 Å². The molecule has 3 N–H and O–H groups in total. The molecule has 178 valence electrons. The van der Waals surface area contributed by atoms with Crippen molar-refractivity contribution in [1.82, 2.24) is 20.1 Å². The van der Waals surface area contributed by atoms with Crippen molar-refractivity contribution in [1.29, 1.82) is 0 Å². The SMILES string of the molecule is Cc1cc(Nc2nc(CC3(C(=O)O)CCN(C(=O)c4cccc(C)c4F)CC3)ccc2C)n[nH]1. The summed E-state index contributed by atoms with van der Waals surface area (Å²) < 4.78 is 14.4. The molecule has 1 fully saturated rings. The molecule has 4 rings (SSSR count). The molecule has 0 atom stereocenters. The number of carboxylic acids is 1. The number of H-pyrrole nitrogens is 1. The van der Waals surface area contributed by atoms with Crippen LogP contribution in [0.3, 0.4) is 0 Å². The van der Waals surface area contributed by atoms with Gasteiger partial charge in [0, 0.05) is 37.0 Å². The van der Waals surface area contributed by atoms with E-state index in [0.29, 0.717) is 22.9 Å². The number of benzene rings is 1. The van der Waals surface area contributed by atoms with Gasteiger partial charge in [-0.1, -0.05) is 18.2 Å². The standard InChI is InChI=1S/C25H28FN5O3/c1-15-5-4-6-19(21(15)26)23(32)31-11-9-25(10-12-31,24(33)34)14-18-8-7-16(2)22(27-18)28-20-13-17(3)29-30-20/h4-8,13H,9-12,14H2,1-3H3,(H,33,34)(H2,27,28,29,30). The molecule has 0 unspecified atom stereocenters. The van der Waals surface area contributed by atoms with Crippen molar-refractivity contribution in [3.8, 4) is 0 Å². The molecule has 1 aliphatic rings. The number of pyridine rings is 1. The van der Waals surface area contributed by atoms with E-state index in [-0.39, 0.29) is 37.9 Å². The number of hydrogen-bond donors (Lipinski definition) is 3. The van der Waals surface area contributed by atoms with Crippen molar-refractivity contribution >= 4 is 23.5 Å². The number of amides is 1. The lowest BCUT2D eigenvalue weighted by Gasteiger charge is -2.39. The first-order valence-electron chi connectivity index (χ1n) is 11.2. The van der Waals surface area contributed by atoms with E-state index in [0.717, 1.165) is 11.3 Å². The minimum absolute atomic E-state index is 0.0207. The lowest BCUT2D eigenvalue weighted by Crippen LogP contribution is -2.47. The van der Waals surface area contributed by atoms with Gasteiger partial charge in [0.05, 0.1) is 11.0 Å². The number of halogens is 1. The van der Waals surface area contributed by atoms with E-state index in [4.69, 9.17) is 0 Å². The first kappa shape index (κ1) is 23.4. The van der Waals surface area contributed by atoms with Crippen LogP contribution in [0.2, 0.25) is 0 Å². The third-order valence-corrected chi connectivity index (χ3v) is 6.51. The van der Waals surface area contributed by atoms with E-state index in [9.17, 15) is 19.1 Å². The molecule has 34 heavy (non-hydrogen) atoms. The van der Waals surface area contributed by atoms with E-state index in [1.54, 1.807) is 19.1 Å². The fourth-order valence-corrected chi connectivity index (χ4v) is 4.33. The third kappa shape index (κ3) is 4.64. The molecular formula is C25H28FN5O3. The highest BCUT2D eigenvalue weighted by molar-refractivity contribution is 5.95. The van der Waals surface area contributed by atoms with Crippen molar-refractivity contribution in [2.45, 2.75) is 40.0 Å². The molecule has 9 heteroatoms. The van der Waals surface area contributed by atoms with Gasteiger partial charge in [0.1, 0.15) is 11.6 Å². The zero-order valence-electron chi connectivity index (χ0n) is 19.5. The van der Waals surface area contributed by atoms with Gasteiger partial charge in [0.2, 0.25) is 0 Å². The van der Waals surface area contributed by atoms with Gasteiger partial charge in [0.25, 0.3) is 5.91 Å². The molecule has 1 aliphatic heterocycles. The first-order valence-corrected chi connectivity index (χ1v) is 11.2. The molecule has 0 radical (unpaired) electrons. The molecule has 2 aromatic heterocycles. The van der Waals surface area contributed by atoms with E-state index >= 15 is 0 Å². The number of aliphatic carboxylic acids is 1. The number of aryl methyl sites for hydroxylation is 3. The summed E-state index contributed by atoms with van der Waals surface area (Å²) in [6.07, 6.45) is 0.758. The normalized spacial score (nSPS) is 15.2. The molecule has 0 bridgehead atoms. The summed E-state index contributed by atoms with van der Waals surface area (Å²) in [7, 11) is 0. The summed E-state index contributed by atoms with van der Waals surface area (Å²) in [5.41, 5.74) is 1.84. The van der Waals surface area contributed by atoms with Gasteiger partial charge in [-0.05, 0) is 56.9 Å². The van der Waals surface area contributed by atoms with Gasteiger partial charge >= 0.3 is 5.97 Å². The van der Waals surface area contributed by atoms with Crippen LogP contribution in [0.15, 0.2) is 36.4 Å². The van der Waals surface area contributed by atoms with Crippen LogP contribution in [0.4, 0.5) is 16.0 Å². The van der Waals surface area contributed by atoms with Crippen LogP contribution >= 0.6 is 0 Å². The first-order chi connectivity index (χ1) is 16.2. The quantitative estimate of drug-likeness (QED) is 0.504. The highest BCUT2D eigenvalue weighted by Gasteiger charge is 2.43. The number of aromatic amines is 1. The van der Waals surface area contributed by atoms with Crippen LogP contribution in [0, 0.1) is 32.0 Å². The fraction of sp³-hybridized carbons (Fsp3) is 0.360. The maximum atomic E-state index is 14.4. The maximum Gasteiger partial charge on any atom is 0.310 e. The Morgan fingerprint density at radius 1 is 1.15 bits per heavy atom. The summed E-state index contributed by atoms with van der Waals surface area (Å²) in [4.78, 5) is 31.4. The minimum Gasteiger partial charge on any atom is -0.481 e. The van der Waals surface area contributed by atoms with Crippen LogP contribution in [-0.4, -0.2) is 50.2 Å². The maximum absolute atomic E-state index is 14.4. The molecule has 8 nitrogen and oxygen atoms in total. The van der Waals surface area contributed by atoms with Gasteiger partial charge in [-0.2, -0.15) is 5.10 Å². The largest absolute Gasteiger partial charge is 0.481 e. The predicted molar refractivity (Wildman–Crippen MR) is 126 cm³/mol. The number of nitrogens with one attached hydrogen (secondary N) is 2. The third-order valence-electron chi connectivity index (χ3n) is 6.51. The molecule has 1 amide bonds. The van der Waals surface area contributed by atoms with Gasteiger partial charge in [-0.3, -0.25) is 14.7 Å². The Hall–Kier alpha value is -3.75. The summed E-state index contributed by atoms with van der Waals surface area (Å²) in [5.74, 6) is -0.602. The number of anilines is 2. The molecule has 3 aromatic rings. The molecular weight excluding hydrogens is 437 g/mol. The van der Waals surface area contributed by atoms with E-state index in [1.807, 2.05) is 32.0 Å². The van der Waals surface area contributed by atoms with Gasteiger partial charge in [0.15, 0.2) is 5.82 Å². The van der Waals surface area contributed by atoms with Crippen LogP contribution in [0.5, 0.6) is 0 Å². The van der Waals surface area contributed by atoms with Crippen LogP contribution in [0.1, 0.15) is 45.7 Å². The predicted octanol–water partition coefficient (Wildman–Crippen LogP) is 4.16. The zero-order chi connectivity index (χ0) is 24.5. The second-order valence-electron chi connectivity index (χ2n) is 9.02. The zero-order valence-corrected chi connectivity index (χ0v) is 19.5. The van der Waals surface area contributed by atoms with E-state index < -0.39 is 23.1 Å². The number of aromatic nitrogens is 3. The fourth-order valence-electron chi connectivity index (χ4n) is 4.33. The van der Waals surface area contributed by atoms with Gasteiger partial charge < -0.3 is 15.3 Å². The Morgan fingerprint density at radius 2 is 1.88 bits per heavy atom. The number of piperidine rings is 1. The summed E-state index contributed by atoms with van der Waals surface area (Å²) in [6, 6.07) is 10.3. The average Bonchev–Trinajstić information content (AvgIpc) is 3.22. The van der Waals surface area contributed by atoms with Crippen LogP contribution < -0.4 is 5.32 Å². The number of carbonyl (C=O) groups excluding carboxylic acids is 1. The van der Waals surface area contributed by atoms with Crippen molar-refractivity contribution in [3.63, 3.8) is 0 Å². The molecule has 0 aliphatic carbocycles. The van der Waals surface area contributed by atoms with Crippen molar-refractivity contribution in [2.75, 3.05) is 18.4 Å². The number of carboxylic acid groups (broad SMARTS) is 1. The molecule has 3 heterocycles. The van der Waals surface area contributed by atoms with E-state index in [1.165, 1.54) is 11.0 Å². The van der Waals surface area contributed by atoms with Crippen LogP contribution in [-0.2, 0) is 11.2 Å². The summed E-state index contributed by atoms with van der Waals surface area (Å²) >= 11 is 0. The van der Waals surface area contributed by atoms with Gasteiger partial charge in [-0.15, -0.1) is 0 Å². The lowest BCUT2D eigenvalue weighted by molar-refractivity contribution is -0.151. The Morgan fingerprint density at radius 3 is 2.53 bits per heavy atom. The Kier molecular flexibility index (Phi) is 6.37. The number of hydrogen-bond acceptors (Lipinski definition) is 5.